The number of nitrogens with zero attached hydrogens (tertiary/aromatic N) is 1. The molecule has 7 heteroatoms. The van der Waals surface area contributed by atoms with Crippen LogP contribution >= 0.6 is 23.2 Å². The molecule has 5 nitrogen and oxygen atoms in total. The van der Waals surface area contributed by atoms with Gasteiger partial charge in [-0.25, -0.2) is 4.79 Å². The molecule has 0 radical (unpaired) electrons. The average Bonchev–Trinajstić information content (AvgIpc) is 2.44. The number of halogens is 2. The second-order valence-corrected chi connectivity index (χ2v) is 5.48. The van der Waals surface area contributed by atoms with Crippen molar-refractivity contribution in [1.29, 1.82) is 0 Å². The molecule has 1 aromatic rings. The predicted octanol–water partition coefficient (Wildman–Crippen LogP) is 2.45. The smallest absolute Gasteiger partial charge is 0.321 e. The Morgan fingerprint density at radius 2 is 2.35 bits per heavy atom. The minimum atomic E-state index is -0.247. The van der Waals surface area contributed by atoms with Crippen molar-refractivity contribution in [2.24, 2.45) is 0 Å². The van der Waals surface area contributed by atoms with Crippen LogP contribution in [0.3, 0.4) is 0 Å². The number of likely N-dealkylation sites (N-methyl/N-ethyl adjacent to an activating group) is 1. The Bertz CT molecular complexity index is 479. The maximum atomic E-state index is 12.1. The first-order valence-corrected chi connectivity index (χ1v) is 7.11. The number of rotatable bonds is 3. The van der Waals surface area contributed by atoms with E-state index in [0.717, 1.165) is 13.1 Å². The van der Waals surface area contributed by atoms with Gasteiger partial charge in [0, 0.05) is 31.7 Å². The zero-order valence-electron chi connectivity index (χ0n) is 11.2. The Labute approximate surface area is 128 Å². The summed E-state index contributed by atoms with van der Waals surface area (Å²) in [6.45, 7) is 2.78. The third kappa shape index (κ3) is 4.24. The third-order valence-corrected chi connectivity index (χ3v) is 3.56. The summed E-state index contributed by atoms with van der Waals surface area (Å²) >= 11 is 11.9. The van der Waals surface area contributed by atoms with Gasteiger partial charge in [0.05, 0.1) is 23.4 Å². The van der Waals surface area contributed by atoms with Crippen molar-refractivity contribution >= 4 is 34.9 Å². The van der Waals surface area contributed by atoms with Crippen LogP contribution in [-0.2, 0) is 4.74 Å². The number of ether oxygens (including phenoxy) is 1. The quantitative estimate of drug-likeness (QED) is 0.900. The van der Waals surface area contributed by atoms with Gasteiger partial charge < -0.3 is 20.3 Å². The molecule has 2 N–H and O–H groups in total. The lowest BCUT2D eigenvalue weighted by atomic mass is 10.3. The molecule has 110 valence electrons. The van der Waals surface area contributed by atoms with Gasteiger partial charge in [-0.05, 0) is 18.2 Å². The zero-order valence-corrected chi connectivity index (χ0v) is 12.7. The van der Waals surface area contributed by atoms with Crippen LogP contribution in [0.2, 0.25) is 10.0 Å². The highest BCUT2D eigenvalue weighted by molar-refractivity contribution is 6.35. The first kappa shape index (κ1) is 15.4. The fourth-order valence-corrected chi connectivity index (χ4v) is 2.27. The van der Waals surface area contributed by atoms with Crippen molar-refractivity contribution in [2.45, 2.75) is 6.10 Å². The Hall–Kier alpha value is -1.01. The number of hydrogen-bond acceptors (Lipinski definition) is 3. The molecular formula is C13H17Cl2N3O2. The molecule has 0 aromatic heterocycles. The molecule has 1 atom stereocenters. The first-order valence-electron chi connectivity index (χ1n) is 6.36. The lowest BCUT2D eigenvalue weighted by Crippen LogP contribution is -2.46. The lowest BCUT2D eigenvalue weighted by Gasteiger charge is -2.28. The van der Waals surface area contributed by atoms with Gasteiger partial charge in [-0.3, -0.25) is 0 Å². The van der Waals surface area contributed by atoms with Crippen molar-refractivity contribution < 1.29 is 9.53 Å². The van der Waals surface area contributed by atoms with Crippen molar-refractivity contribution in [3.05, 3.63) is 28.2 Å². The molecule has 0 bridgehead atoms. The van der Waals surface area contributed by atoms with Gasteiger partial charge in [0.25, 0.3) is 0 Å². The highest BCUT2D eigenvalue weighted by Gasteiger charge is 2.19. The molecule has 1 heterocycles. The molecule has 1 aliphatic rings. The molecular weight excluding hydrogens is 301 g/mol. The molecule has 1 aliphatic heterocycles. The number of benzene rings is 1. The van der Waals surface area contributed by atoms with E-state index in [4.69, 9.17) is 27.9 Å². The van der Waals surface area contributed by atoms with Crippen LogP contribution in [-0.4, -0.2) is 50.3 Å². The molecule has 1 saturated heterocycles. The summed E-state index contributed by atoms with van der Waals surface area (Å²) in [5.41, 5.74) is 0.499. The molecule has 20 heavy (non-hydrogen) atoms. The van der Waals surface area contributed by atoms with E-state index in [-0.39, 0.29) is 12.1 Å². The zero-order chi connectivity index (χ0) is 14.5. The van der Waals surface area contributed by atoms with E-state index in [1.807, 2.05) is 0 Å². The number of hydrogen-bond donors (Lipinski definition) is 2. The maximum absolute atomic E-state index is 12.1. The lowest BCUT2D eigenvalue weighted by molar-refractivity contribution is 0.0164. The number of morpholine rings is 1. The number of anilines is 1. The second kappa shape index (κ2) is 7.13. The van der Waals surface area contributed by atoms with E-state index >= 15 is 0 Å². The van der Waals surface area contributed by atoms with Crippen molar-refractivity contribution in [1.82, 2.24) is 10.2 Å². The minimum absolute atomic E-state index is 0.00864. The van der Waals surface area contributed by atoms with Gasteiger partial charge in [-0.2, -0.15) is 0 Å². The third-order valence-electron chi connectivity index (χ3n) is 3.00. The van der Waals surface area contributed by atoms with Crippen molar-refractivity contribution in [2.75, 3.05) is 38.6 Å². The first-order chi connectivity index (χ1) is 9.56. The van der Waals surface area contributed by atoms with Crippen molar-refractivity contribution in [3.8, 4) is 0 Å². The van der Waals surface area contributed by atoms with Crippen LogP contribution in [0.4, 0.5) is 10.5 Å². The summed E-state index contributed by atoms with van der Waals surface area (Å²) in [6.07, 6.45) is 0.00864. The largest absolute Gasteiger partial charge is 0.374 e. The summed E-state index contributed by atoms with van der Waals surface area (Å²) in [6, 6.07) is 4.69. The summed E-state index contributed by atoms with van der Waals surface area (Å²) in [5.74, 6) is 0. The molecule has 2 rings (SSSR count). The number of carbonyl (C=O) groups excluding carboxylic acids is 1. The minimum Gasteiger partial charge on any atom is -0.374 e. The van der Waals surface area contributed by atoms with Gasteiger partial charge in [0.2, 0.25) is 0 Å². The highest BCUT2D eigenvalue weighted by Crippen LogP contribution is 2.25. The molecule has 0 aliphatic carbocycles. The van der Waals surface area contributed by atoms with Gasteiger partial charge in [-0.1, -0.05) is 23.2 Å². The Kier molecular flexibility index (Phi) is 5.48. The van der Waals surface area contributed by atoms with E-state index in [2.05, 4.69) is 10.6 Å². The highest BCUT2D eigenvalue weighted by atomic mass is 35.5. The maximum Gasteiger partial charge on any atom is 0.321 e. The second-order valence-electron chi connectivity index (χ2n) is 4.63. The van der Waals surface area contributed by atoms with Crippen LogP contribution in [0.1, 0.15) is 0 Å². The van der Waals surface area contributed by atoms with Crippen LogP contribution < -0.4 is 10.6 Å². The summed E-state index contributed by atoms with van der Waals surface area (Å²) in [4.78, 5) is 13.7. The van der Waals surface area contributed by atoms with Crippen LogP contribution in [0.5, 0.6) is 0 Å². The van der Waals surface area contributed by atoms with Crippen LogP contribution in [0.15, 0.2) is 18.2 Å². The SMILES string of the molecule is CN(CC1CNCCO1)C(=O)Nc1cc(Cl)ccc1Cl. The Balaban J connectivity index is 1.91. The number of nitrogens with one attached hydrogen (secondary N) is 2. The fourth-order valence-electron chi connectivity index (χ4n) is 1.93. The summed E-state index contributed by atoms with van der Waals surface area (Å²) < 4.78 is 5.56. The van der Waals surface area contributed by atoms with Gasteiger partial charge in [-0.15, -0.1) is 0 Å². The van der Waals surface area contributed by atoms with E-state index in [9.17, 15) is 4.79 Å². The summed E-state index contributed by atoms with van der Waals surface area (Å²) in [5, 5.41) is 6.93. The van der Waals surface area contributed by atoms with Crippen molar-refractivity contribution in [3.63, 3.8) is 0 Å². The fraction of sp³-hybridized carbons (Fsp3) is 0.462. The summed E-state index contributed by atoms with van der Waals surface area (Å²) in [7, 11) is 1.71. The average molecular weight is 318 g/mol. The van der Waals surface area contributed by atoms with Gasteiger partial charge in [0.1, 0.15) is 0 Å². The Morgan fingerprint density at radius 3 is 3.05 bits per heavy atom. The topological polar surface area (TPSA) is 53.6 Å². The van der Waals surface area contributed by atoms with E-state index < -0.39 is 0 Å². The van der Waals surface area contributed by atoms with E-state index in [1.165, 1.54) is 0 Å². The van der Waals surface area contributed by atoms with E-state index in [1.54, 1.807) is 30.1 Å². The predicted molar refractivity (Wildman–Crippen MR) is 80.7 cm³/mol. The molecule has 0 spiro atoms. The number of amides is 2. The molecule has 1 unspecified atom stereocenters. The van der Waals surface area contributed by atoms with E-state index in [0.29, 0.717) is 28.9 Å². The Morgan fingerprint density at radius 1 is 1.55 bits per heavy atom. The monoisotopic (exact) mass is 317 g/mol. The molecule has 0 saturated carbocycles. The number of carbonyl (C=O) groups is 1. The standard InChI is InChI=1S/C13H17Cl2N3O2/c1-18(8-10-7-16-4-5-20-10)13(19)17-12-6-9(14)2-3-11(12)15/h2-3,6,10,16H,4-5,7-8H2,1H3,(H,17,19). The normalized spacial score (nSPS) is 18.6. The molecule has 1 aromatic carbocycles. The molecule has 2 amide bonds. The van der Waals surface area contributed by atoms with Gasteiger partial charge >= 0.3 is 6.03 Å². The number of urea groups is 1. The van der Waals surface area contributed by atoms with Crippen LogP contribution in [0, 0.1) is 0 Å². The van der Waals surface area contributed by atoms with Gasteiger partial charge in [0.15, 0.2) is 0 Å². The molecule has 1 fully saturated rings. The van der Waals surface area contributed by atoms with Crippen LogP contribution in [0.25, 0.3) is 0 Å².